The summed E-state index contributed by atoms with van der Waals surface area (Å²) in [6.07, 6.45) is 10.2. The van der Waals surface area contributed by atoms with Crippen molar-refractivity contribution in [1.29, 1.82) is 0 Å². The first-order valence-corrected chi connectivity index (χ1v) is 9.54. The molecule has 3 aliphatic rings. The van der Waals surface area contributed by atoms with E-state index in [1.54, 1.807) is 18.6 Å². The predicted octanol–water partition coefficient (Wildman–Crippen LogP) is 3.46. The van der Waals surface area contributed by atoms with Gasteiger partial charge >= 0.3 is 5.97 Å². The van der Waals surface area contributed by atoms with Crippen molar-refractivity contribution in [2.24, 2.45) is 17.8 Å². The van der Waals surface area contributed by atoms with E-state index in [9.17, 15) is 14.3 Å². The number of pyridine rings is 1. The minimum Gasteiger partial charge on any atom is -0.481 e. The van der Waals surface area contributed by atoms with Crippen molar-refractivity contribution in [3.63, 3.8) is 0 Å². The van der Waals surface area contributed by atoms with E-state index in [-0.39, 0.29) is 12.0 Å². The number of anilines is 1. The zero-order valence-electron chi connectivity index (χ0n) is 15.1. The van der Waals surface area contributed by atoms with Gasteiger partial charge < -0.3 is 15.4 Å². The third-order valence-electron chi connectivity index (χ3n) is 6.23. The molecule has 0 aromatic carbocycles. The number of fused-ring (bicyclic) bond motifs is 4. The first-order valence-electron chi connectivity index (χ1n) is 9.54. The molecule has 28 heavy (non-hydrogen) atoms. The molecule has 0 amide bonds. The van der Waals surface area contributed by atoms with Crippen LogP contribution in [0, 0.1) is 23.6 Å². The summed E-state index contributed by atoms with van der Waals surface area (Å²) in [5, 5.41) is 13.7. The van der Waals surface area contributed by atoms with Crippen LogP contribution in [0.1, 0.15) is 25.7 Å². The van der Waals surface area contributed by atoms with Gasteiger partial charge in [-0.1, -0.05) is 0 Å². The van der Waals surface area contributed by atoms with Gasteiger partial charge in [0, 0.05) is 23.2 Å². The lowest BCUT2D eigenvalue weighted by Gasteiger charge is -2.47. The molecular formula is C20H20FN5O2. The number of rotatable bonds is 4. The second-order valence-electron chi connectivity index (χ2n) is 7.75. The van der Waals surface area contributed by atoms with Gasteiger partial charge in [-0.3, -0.25) is 9.78 Å². The normalized spacial score (nSPS) is 26.5. The van der Waals surface area contributed by atoms with Crippen LogP contribution in [-0.2, 0) is 4.79 Å². The Bertz CT molecular complexity index is 1040. The predicted molar refractivity (Wildman–Crippen MR) is 101 cm³/mol. The first kappa shape index (κ1) is 17.1. The first-order chi connectivity index (χ1) is 13.6. The van der Waals surface area contributed by atoms with Crippen molar-refractivity contribution in [1.82, 2.24) is 19.9 Å². The summed E-state index contributed by atoms with van der Waals surface area (Å²) in [5.74, 6) is -0.460. The molecule has 3 N–H and O–H groups in total. The van der Waals surface area contributed by atoms with Crippen LogP contribution in [0.3, 0.4) is 0 Å². The van der Waals surface area contributed by atoms with Crippen LogP contribution in [0.4, 0.5) is 10.2 Å². The highest BCUT2D eigenvalue weighted by Crippen LogP contribution is 2.46. The smallest absolute Gasteiger partial charge is 0.308 e. The van der Waals surface area contributed by atoms with E-state index >= 15 is 0 Å². The maximum atomic E-state index is 13.6. The summed E-state index contributed by atoms with van der Waals surface area (Å²) in [5.41, 5.74) is 1.86. The molecule has 0 radical (unpaired) electrons. The van der Waals surface area contributed by atoms with Gasteiger partial charge in [-0.15, -0.1) is 0 Å². The van der Waals surface area contributed by atoms with E-state index in [2.05, 4.69) is 25.3 Å². The highest BCUT2D eigenvalue weighted by molar-refractivity contribution is 5.92. The number of aromatic amines is 1. The Balaban J connectivity index is 1.47. The standard InChI is InChI=1S/C20H20FN5O2/c21-12-5-13-14(7-24-19(13)23-6-12)15-8-22-9-16(25-15)26-18-11-3-1-10(2-4-11)17(18)20(27)28/h5-11,17-18H,1-4H2,(H,23,24)(H,25,26)(H,27,28)/t10?,11?,17-,18?/m1/s1. The van der Waals surface area contributed by atoms with Crippen LogP contribution in [0.2, 0.25) is 0 Å². The third-order valence-corrected chi connectivity index (χ3v) is 6.23. The number of aromatic nitrogens is 4. The van der Waals surface area contributed by atoms with Crippen molar-refractivity contribution < 1.29 is 14.3 Å². The van der Waals surface area contributed by atoms with Crippen molar-refractivity contribution in [3.8, 4) is 11.3 Å². The molecule has 3 aromatic heterocycles. The number of aliphatic carboxylic acids is 1. The Labute approximate surface area is 160 Å². The summed E-state index contributed by atoms with van der Waals surface area (Å²) in [4.78, 5) is 27.8. The van der Waals surface area contributed by atoms with Crippen LogP contribution in [0.15, 0.2) is 30.9 Å². The third kappa shape index (κ3) is 2.80. The van der Waals surface area contributed by atoms with Gasteiger partial charge in [-0.2, -0.15) is 0 Å². The molecule has 2 atom stereocenters. The molecule has 3 heterocycles. The van der Waals surface area contributed by atoms with Gasteiger partial charge in [0.1, 0.15) is 17.3 Å². The Morgan fingerprint density at radius 3 is 2.75 bits per heavy atom. The SMILES string of the molecule is O=C(O)[C@@H]1C2CCC(CC2)C1Nc1cncc(-c2c[nH]c3ncc(F)cc23)n1. The number of carboxylic acid groups (broad SMARTS) is 1. The highest BCUT2D eigenvalue weighted by atomic mass is 19.1. The number of halogens is 1. The lowest BCUT2D eigenvalue weighted by Crippen LogP contribution is -2.51. The highest BCUT2D eigenvalue weighted by Gasteiger charge is 2.47. The summed E-state index contributed by atoms with van der Waals surface area (Å²) in [6.45, 7) is 0. The lowest BCUT2D eigenvalue weighted by atomic mass is 9.61. The maximum absolute atomic E-state index is 13.6. The van der Waals surface area contributed by atoms with Crippen LogP contribution in [-0.4, -0.2) is 37.1 Å². The molecule has 3 fully saturated rings. The molecule has 0 saturated heterocycles. The number of hydrogen-bond donors (Lipinski definition) is 3. The number of carboxylic acids is 1. The molecule has 0 spiro atoms. The summed E-state index contributed by atoms with van der Waals surface area (Å²) in [6, 6.07) is 1.27. The summed E-state index contributed by atoms with van der Waals surface area (Å²) in [7, 11) is 0. The fraction of sp³-hybridized carbons (Fsp3) is 0.400. The van der Waals surface area contributed by atoms with Crippen LogP contribution in [0.25, 0.3) is 22.3 Å². The van der Waals surface area contributed by atoms with Crippen molar-refractivity contribution in [2.75, 3.05) is 5.32 Å². The average molecular weight is 381 g/mol. The van der Waals surface area contributed by atoms with Gasteiger partial charge in [-0.05, 0) is 43.6 Å². The van der Waals surface area contributed by atoms with E-state index in [0.29, 0.717) is 34.0 Å². The van der Waals surface area contributed by atoms with E-state index in [0.717, 1.165) is 31.9 Å². The number of H-pyrrole nitrogens is 1. The topological polar surface area (TPSA) is 104 Å². The molecule has 2 bridgehead atoms. The quantitative estimate of drug-likeness (QED) is 0.639. The van der Waals surface area contributed by atoms with Crippen LogP contribution >= 0.6 is 0 Å². The second-order valence-corrected chi connectivity index (χ2v) is 7.75. The largest absolute Gasteiger partial charge is 0.481 e. The fourth-order valence-electron chi connectivity index (χ4n) is 4.94. The summed E-state index contributed by atoms with van der Waals surface area (Å²) < 4.78 is 13.6. The van der Waals surface area contributed by atoms with Crippen molar-refractivity contribution in [3.05, 3.63) is 36.7 Å². The number of carbonyl (C=O) groups is 1. The van der Waals surface area contributed by atoms with E-state index in [4.69, 9.17) is 0 Å². The minimum absolute atomic E-state index is 0.142. The Hall–Kier alpha value is -3.03. The van der Waals surface area contributed by atoms with E-state index in [1.807, 2.05) is 0 Å². The molecule has 3 saturated carbocycles. The Morgan fingerprint density at radius 1 is 1.18 bits per heavy atom. The number of hydrogen-bond acceptors (Lipinski definition) is 5. The monoisotopic (exact) mass is 381 g/mol. The molecule has 3 aliphatic carbocycles. The average Bonchev–Trinajstić information content (AvgIpc) is 3.12. The van der Waals surface area contributed by atoms with E-state index < -0.39 is 17.7 Å². The van der Waals surface area contributed by atoms with Crippen molar-refractivity contribution >= 4 is 22.8 Å². The molecule has 8 heteroatoms. The maximum Gasteiger partial charge on any atom is 0.308 e. The van der Waals surface area contributed by atoms with Crippen molar-refractivity contribution in [2.45, 2.75) is 31.7 Å². The molecule has 3 aromatic rings. The second kappa shape index (κ2) is 6.54. The van der Waals surface area contributed by atoms with Gasteiger partial charge in [-0.25, -0.2) is 14.4 Å². The van der Waals surface area contributed by atoms with Gasteiger partial charge in [0.2, 0.25) is 0 Å². The molecule has 1 unspecified atom stereocenters. The summed E-state index contributed by atoms with van der Waals surface area (Å²) >= 11 is 0. The molecule has 7 nitrogen and oxygen atoms in total. The van der Waals surface area contributed by atoms with Gasteiger partial charge in [0.15, 0.2) is 0 Å². The molecule has 0 aliphatic heterocycles. The van der Waals surface area contributed by atoms with Gasteiger partial charge in [0.05, 0.1) is 30.2 Å². The minimum atomic E-state index is -0.741. The molecule has 6 rings (SSSR count). The Kier molecular flexibility index (Phi) is 3.99. The zero-order valence-corrected chi connectivity index (χ0v) is 15.1. The van der Waals surface area contributed by atoms with Crippen LogP contribution < -0.4 is 5.32 Å². The van der Waals surface area contributed by atoms with E-state index in [1.165, 1.54) is 6.07 Å². The van der Waals surface area contributed by atoms with Crippen LogP contribution in [0.5, 0.6) is 0 Å². The Morgan fingerprint density at radius 2 is 1.96 bits per heavy atom. The van der Waals surface area contributed by atoms with Gasteiger partial charge in [0.25, 0.3) is 0 Å². The number of nitrogens with one attached hydrogen (secondary N) is 2. The molecule has 144 valence electrons. The number of nitrogens with zero attached hydrogens (tertiary/aromatic N) is 3. The lowest BCUT2D eigenvalue weighted by molar-refractivity contribution is -0.148. The zero-order chi connectivity index (χ0) is 19.3. The fourth-order valence-corrected chi connectivity index (χ4v) is 4.94. The molecular weight excluding hydrogens is 361 g/mol.